The van der Waals surface area contributed by atoms with Crippen LogP contribution in [0.4, 0.5) is 5.69 Å². The molecule has 0 amide bonds. The maximum Gasteiger partial charge on any atom is 0.153 e. The summed E-state index contributed by atoms with van der Waals surface area (Å²) in [5.41, 5.74) is 9.44. The molecule has 4 nitrogen and oxygen atoms in total. The van der Waals surface area contributed by atoms with Crippen molar-refractivity contribution < 1.29 is 4.74 Å². The average Bonchev–Trinajstić information content (AvgIpc) is 2.98. The van der Waals surface area contributed by atoms with Crippen molar-refractivity contribution in [3.05, 3.63) is 54.6 Å². The second kappa shape index (κ2) is 4.77. The predicted octanol–water partition coefficient (Wildman–Crippen LogP) is 3.97. The van der Waals surface area contributed by atoms with Crippen LogP contribution in [0.5, 0.6) is 5.75 Å². The van der Waals surface area contributed by atoms with Crippen LogP contribution < -0.4 is 10.5 Å². The maximum atomic E-state index is 6.03. The van der Waals surface area contributed by atoms with Crippen LogP contribution in [-0.2, 0) is 0 Å². The van der Waals surface area contributed by atoms with Crippen LogP contribution in [0.1, 0.15) is 0 Å². The summed E-state index contributed by atoms with van der Waals surface area (Å²) in [6.07, 6.45) is 0. The second-order valence-corrected chi connectivity index (χ2v) is 5.24. The van der Waals surface area contributed by atoms with Crippen molar-refractivity contribution in [2.24, 2.45) is 0 Å². The first kappa shape index (κ1) is 12.7. The molecular formula is C18H15N3O. The molecule has 22 heavy (non-hydrogen) atoms. The fourth-order valence-corrected chi connectivity index (χ4v) is 2.86. The molecule has 0 unspecified atom stereocenters. The van der Waals surface area contributed by atoms with Crippen molar-refractivity contribution in [3.63, 3.8) is 0 Å². The van der Waals surface area contributed by atoms with Gasteiger partial charge in [-0.1, -0.05) is 36.4 Å². The average molecular weight is 289 g/mol. The summed E-state index contributed by atoms with van der Waals surface area (Å²) in [6.45, 7) is 0. The third-order valence-corrected chi connectivity index (χ3v) is 3.94. The fourth-order valence-electron chi connectivity index (χ4n) is 2.86. The molecule has 0 saturated carbocycles. The van der Waals surface area contributed by atoms with E-state index in [0.717, 1.165) is 22.2 Å². The van der Waals surface area contributed by atoms with E-state index in [1.165, 1.54) is 10.8 Å². The summed E-state index contributed by atoms with van der Waals surface area (Å²) >= 11 is 0. The number of H-pyrrole nitrogens is 1. The Labute approximate surface area is 127 Å². The highest BCUT2D eigenvalue weighted by Crippen LogP contribution is 2.38. The molecule has 1 aromatic heterocycles. The Kier molecular flexibility index (Phi) is 2.76. The zero-order valence-electron chi connectivity index (χ0n) is 12.1. The van der Waals surface area contributed by atoms with Gasteiger partial charge in [-0.2, -0.15) is 5.10 Å². The zero-order chi connectivity index (χ0) is 15.1. The number of aromatic nitrogens is 2. The Morgan fingerprint density at radius 2 is 1.82 bits per heavy atom. The molecule has 4 aromatic rings. The van der Waals surface area contributed by atoms with Gasteiger partial charge in [-0.25, -0.2) is 0 Å². The lowest BCUT2D eigenvalue weighted by atomic mass is 10.0. The number of ether oxygens (including phenoxy) is 1. The molecule has 0 saturated heterocycles. The Bertz CT molecular complexity index is 988. The van der Waals surface area contributed by atoms with Crippen LogP contribution >= 0.6 is 0 Å². The maximum absolute atomic E-state index is 6.03. The van der Waals surface area contributed by atoms with Gasteiger partial charge in [0, 0.05) is 5.56 Å². The zero-order valence-corrected chi connectivity index (χ0v) is 12.1. The first-order valence-electron chi connectivity index (χ1n) is 7.07. The van der Waals surface area contributed by atoms with Crippen LogP contribution in [0.3, 0.4) is 0 Å². The van der Waals surface area contributed by atoms with E-state index < -0.39 is 0 Å². The van der Waals surface area contributed by atoms with E-state index in [2.05, 4.69) is 40.5 Å². The van der Waals surface area contributed by atoms with Gasteiger partial charge >= 0.3 is 0 Å². The number of nitrogens with two attached hydrogens (primary N) is 1. The molecule has 108 valence electrons. The van der Waals surface area contributed by atoms with Crippen molar-refractivity contribution in [2.75, 3.05) is 12.8 Å². The lowest BCUT2D eigenvalue weighted by Gasteiger charge is -2.07. The van der Waals surface area contributed by atoms with Crippen molar-refractivity contribution in [2.45, 2.75) is 0 Å². The topological polar surface area (TPSA) is 63.9 Å². The normalized spacial score (nSPS) is 11.1. The summed E-state index contributed by atoms with van der Waals surface area (Å²) < 4.78 is 5.48. The summed E-state index contributed by atoms with van der Waals surface area (Å²) in [5, 5.41) is 10.8. The van der Waals surface area contributed by atoms with Gasteiger partial charge in [-0.3, -0.25) is 5.10 Å². The number of aromatic amines is 1. The molecule has 0 fully saturated rings. The molecule has 0 atom stereocenters. The number of nitrogen functional groups attached to an aromatic ring is 1. The van der Waals surface area contributed by atoms with E-state index in [9.17, 15) is 0 Å². The number of anilines is 1. The number of methoxy groups -OCH3 is 1. The fraction of sp³-hybridized carbons (Fsp3) is 0.0556. The minimum atomic E-state index is 0.610. The van der Waals surface area contributed by atoms with Gasteiger partial charge in [0.1, 0.15) is 5.69 Å². The molecule has 0 spiro atoms. The molecule has 0 aliphatic heterocycles. The first-order valence-corrected chi connectivity index (χ1v) is 7.07. The minimum absolute atomic E-state index is 0.610. The van der Waals surface area contributed by atoms with E-state index in [-0.39, 0.29) is 0 Å². The van der Waals surface area contributed by atoms with Crippen molar-refractivity contribution in [1.82, 2.24) is 10.2 Å². The minimum Gasteiger partial charge on any atom is -0.494 e. The van der Waals surface area contributed by atoms with Gasteiger partial charge < -0.3 is 10.5 Å². The SMILES string of the molecule is COc1c(N)ccc2[nH]nc(-c3ccc4ccccc4c3)c12. The summed E-state index contributed by atoms with van der Waals surface area (Å²) in [4.78, 5) is 0. The van der Waals surface area contributed by atoms with E-state index >= 15 is 0 Å². The van der Waals surface area contributed by atoms with Crippen LogP contribution in [-0.4, -0.2) is 17.3 Å². The Morgan fingerprint density at radius 1 is 1.00 bits per heavy atom. The Morgan fingerprint density at radius 3 is 2.64 bits per heavy atom. The van der Waals surface area contributed by atoms with Crippen LogP contribution in [0, 0.1) is 0 Å². The summed E-state index contributed by atoms with van der Waals surface area (Å²) in [5.74, 6) is 0.661. The molecule has 0 radical (unpaired) electrons. The highest BCUT2D eigenvalue weighted by atomic mass is 16.5. The third-order valence-electron chi connectivity index (χ3n) is 3.94. The van der Waals surface area contributed by atoms with Crippen LogP contribution in [0.2, 0.25) is 0 Å². The molecule has 0 aliphatic carbocycles. The van der Waals surface area contributed by atoms with Crippen molar-refractivity contribution in [1.29, 1.82) is 0 Å². The van der Waals surface area contributed by atoms with E-state index in [0.29, 0.717) is 11.4 Å². The lowest BCUT2D eigenvalue weighted by Crippen LogP contribution is -1.93. The largest absolute Gasteiger partial charge is 0.494 e. The summed E-state index contributed by atoms with van der Waals surface area (Å²) in [6, 6.07) is 18.3. The number of hydrogen-bond acceptors (Lipinski definition) is 3. The molecular weight excluding hydrogens is 274 g/mol. The van der Waals surface area contributed by atoms with Crippen LogP contribution in [0.25, 0.3) is 32.9 Å². The number of nitrogens with zero attached hydrogens (tertiary/aromatic N) is 1. The van der Waals surface area contributed by atoms with Gasteiger partial charge in [0.25, 0.3) is 0 Å². The molecule has 1 heterocycles. The van der Waals surface area contributed by atoms with Crippen molar-refractivity contribution >= 4 is 27.4 Å². The van der Waals surface area contributed by atoms with Gasteiger partial charge in [-0.05, 0) is 29.0 Å². The number of hydrogen-bond donors (Lipinski definition) is 2. The highest BCUT2D eigenvalue weighted by molar-refractivity contribution is 6.02. The Hall–Kier alpha value is -3.01. The first-order chi connectivity index (χ1) is 10.8. The highest BCUT2D eigenvalue weighted by Gasteiger charge is 2.15. The van der Waals surface area contributed by atoms with Crippen LogP contribution in [0.15, 0.2) is 54.6 Å². The molecule has 0 bridgehead atoms. The smallest absolute Gasteiger partial charge is 0.153 e. The molecule has 4 rings (SSSR count). The number of benzene rings is 3. The quantitative estimate of drug-likeness (QED) is 0.549. The van der Waals surface area contributed by atoms with Gasteiger partial charge in [0.15, 0.2) is 5.75 Å². The van der Waals surface area contributed by atoms with Gasteiger partial charge in [0.05, 0.1) is 23.7 Å². The number of fused-ring (bicyclic) bond motifs is 2. The lowest BCUT2D eigenvalue weighted by molar-refractivity contribution is 0.422. The third kappa shape index (κ3) is 1.81. The van der Waals surface area contributed by atoms with Gasteiger partial charge in [-0.15, -0.1) is 0 Å². The van der Waals surface area contributed by atoms with Crippen molar-refractivity contribution in [3.8, 4) is 17.0 Å². The number of nitrogens with one attached hydrogen (secondary N) is 1. The monoisotopic (exact) mass is 289 g/mol. The second-order valence-electron chi connectivity index (χ2n) is 5.24. The molecule has 3 aromatic carbocycles. The standard InChI is InChI=1S/C18H15N3O/c1-22-18-14(19)8-9-15-16(18)17(21-20-15)13-7-6-11-4-2-3-5-12(11)10-13/h2-10H,19H2,1H3,(H,20,21). The molecule has 0 aliphatic rings. The van der Waals surface area contributed by atoms with E-state index in [4.69, 9.17) is 10.5 Å². The predicted molar refractivity (Wildman–Crippen MR) is 90.0 cm³/mol. The summed E-state index contributed by atoms with van der Waals surface area (Å²) in [7, 11) is 1.63. The van der Waals surface area contributed by atoms with E-state index in [1.807, 2.05) is 24.3 Å². The van der Waals surface area contributed by atoms with Gasteiger partial charge in [0.2, 0.25) is 0 Å². The number of rotatable bonds is 2. The molecule has 4 heteroatoms. The molecule has 3 N–H and O–H groups in total. The Balaban J connectivity index is 2.01. The van der Waals surface area contributed by atoms with E-state index in [1.54, 1.807) is 7.11 Å².